The van der Waals surface area contributed by atoms with E-state index in [1.54, 1.807) is 26.4 Å². The van der Waals surface area contributed by atoms with Crippen molar-refractivity contribution in [2.24, 2.45) is 0 Å². The molecule has 7 nitrogen and oxygen atoms in total. The lowest BCUT2D eigenvalue weighted by Crippen LogP contribution is -2.14. The van der Waals surface area contributed by atoms with E-state index in [4.69, 9.17) is 21.1 Å². The summed E-state index contributed by atoms with van der Waals surface area (Å²) < 4.78 is 10.5. The topological polar surface area (TPSA) is 81.2 Å². The van der Waals surface area contributed by atoms with Gasteiger partial charge in [-0.3, -0.25) is 0 Å². The zero-order valence-electron chi connectivity index (χ0n) is 12.8. The standard InChI is InChI=1S/C14H18ClN5O2/c1-8(2)16-13-18-12(15)19-14(20-13)17-10-6-5-9(21-3)7-11(10)22-4/h5-8H,1-4H3,(H2,16,17,18,19,20). The van der Waals surface area contributed by atoms with Crippen LogP contribution in [0.4, 0.5) is 17.6 Å². The molecule has 0 fully saturated rings. The summed E-state index contributed by atoms with van der Waals surface area (Å²) in [5.41, 5.74) is 0.695. The highest BCUT2D eigenvalue weighted by Gasteiger charge is 2.10. The number of nitrogens with one attached hydrogen (secondary N) is 2. The average molecular weight is 324 g/mol. The average Bonchev–Trinajstić information content (AvgIpc) is 2.46. The summed E-state index contributed by atoms with van der Waals surface area (Å²) in [6, 6.07) is 5.56. The molecular formula is C14H18ClN5O2. The van der Waals surface area contributed by atoms with Crippen LogP contribution in [0.3, 0.4) is 0 Å². The van der Waals surface area contributed by atoms with E-state index in [1.165, 1.54) is 0 Å². The first-order valence-electron chi connectivity index (χ1n) is 6.69. The second-order valence-corrected chi connectivity index (χ2v) is 5.08. The fourth-order valence-electron chi connectivity index (χ4n) is 1.75. The molecule has 1 aromatic heterocycles. The lowest BCUT2D eigenvalue weighted by atomic mass is 10.2. The molecule has 0 unspecified atom stereocenters. The summed E-state index contributed by atoms with van der Waals surface area (Å²) in [6.45, 7) is 3.97. The Morgan fingerprint density at radius 1 is 1.05 bits per heavy atom. The molecule has 22 heavy (non-hydrogen) atoms. The summed E-state index contributed by atoms with van der Waals surface area (Å²) in [6.07, 6.45) is 0. The van der Waals surface area contributed by atoms with Crippen LogP contribution in [0.15, 0.2) is 18.2 Å². The Morgan fingerprint density at radius 2 is 1.77 bits per heavy atom. The molecule has 0 saturated carbocycles. The minimum absolute atomic E-state index is 0.105. The molecule has 118 valence electrons. The fraction of sp³-hybridized carbons (Fsp3) is 0.357. The Kier molecular flexibility index (Phi) is 5.21. The number of nitrogens with zero attached hydrogens (tertiary/aromatic N) is 3. The Hall–Kier alpha value is -2.28. The van der Waals surface area contributed by atoms with Crippen molar-refractivity contribution in [2.45, 2.75) is 19.9 Å². The zero-order chi connectivity index (χ0) is 16.1. The van der Waals surface area contributed by atoms with Gasteiger partial charge in [0.05, 0.1) is 19.9 Å². The summed E-state index contributed by atoms with van der Waals surface area (Å²) in [7, 11) is 3.17. The molecule has 2 N–H and O–H groups in total. The number of aromatic nitrogens is 3. The third kappa shape index (κ3) is 4.11. The normalized spacial score (nSPS) is 10.5. The number of halogens is 1. The van der Waals surface area contributed by atoms with Crippen LogP contribution in [0.1, 0.15) is 13.8 Å². The molecule has 0 bridgehead atoms. The lowest BCUT2D eigenvalue weighted by Gasteiger charge is -2.13. The van der Waals surface area contributed by atoms with Crippen LogP contribution in [0, 0.1) is 0 Å². The molecule has 2 aromatic rings. The van der Waals surface area contributed by atoms with Gasteiger partial charge < -0.3 is 20.1 Å². The SMILES string of the molecule is COc1ccc(Nc2nc(Cl)nc(NC(C)C)n2)c(OC)c1. The van der Waals surface area contributed by atoms with Crippen molar-refractivity contribution in [1.82, 2.24) is 15.0 Å². The molecule has 2 rings (SSSR count). The van der Waals surface area contributed by atoms with Crippen LogP contribution in [-0.2, 0) is 0 Å². The Balaban J connectivity index is 2.28. The van der Waals surface area contributed by atoms with E-state index in [2.05, 4.69) is 25.6 Å². The predicted molar refractivity (Wildman–Crippen MR) is 86.4 cm³/mol. The maximum absolute atomic E-state index is 5.93. The molecule has 0 amide bonds. The van der Waals surface area contributed by atoms with Crippen LogP contribution >= 0.6 is 11.6 Å². The molecule has 1 heterocycles. The number of hydrogen-bond acceptors (Lipinski definition) is 7. The summed E-state index contributed by atoms with van der Waals surface area (Å²) in [4.78, 5) is 12.4. The monoisotopic (exact) mass is 323 g/mol. The molecule has 0 atom stereocenters. The summed E-state index contributed by atoms with van der Waals surface area (Å²) in [5.74, 6) is 2.03. The molecule has 0 radical (unpaired) electrons. The van der Waals surface area contributed by atoms with Gasteiger partial charge in [-0.1, -0.05) is 0 Å². The van der Waals surface area contributed by atoms with Crippen LogP contribution in [0.5, 0.6) is 11.5 Å². The van der Waals surface area contributed by atoms with Gasteiger partial charge in [-0.05, 0) is 37.6 Å². The van der Waals surface area contributed by atoms with Gasteiger partial charge in [0.1, 0.15) is 11.5 Å². The van der Waals surface area contributed by atoms with Crippen molar-refractivity contribution in [3.63, 3.8) is 0 Å². The molecular weight excluding hydrogens is 306 g/mol. The number of rotatable bonds is 6. The van der Waals surface area contributed by atoms with Crippen LogP contribution in [0.2, 0.25) is 5.28 Å². The van der Waals surface area contributed by atoms with Crippen molar-refractivity contribution in [1.29, 1.82) is 0 Å². The van der Waals surface area contributed by atoms with Gasteiger partial charge in [0, 0.05) is 12.1 Å². The third-order valence-corrected chi connectivity index (χ3v) is 2.85. The minimum Gasteiger partial charge on any atom is -0.497 e. The van der Waals surface area contributed by atoms with Crippen molar-refractivity contribution in [3.05, 3.63) is 23.5 Å². The Morgan fingerprint density at radius 3 is 2.41 bits per heavy atom. The van der Waals surface area contributed by atoms with Gasteiger partial charge in [-0.2, -0.15) is 15.0 Å². The molecule has 8 heteroatoms. The Bertz CT molecular complexity index is 651. The fourth-order valence-corrected chi connectivity index (χ4v) is 1.91. The van der Waals surface area contributed by atoms with Gasteiger partial charge in [0.25, 0.3) is 0 Å². The van der Waals surface area contributed by atoms with Crippen LogP contribution in [0.25, 0.3) is 0 Å². The highest BCUT2D eigenvalue weighted by atomic mass is 35.5. The van der Waals surface area contributed by atoms with E-state index >= 15 is 0 Å². The Labute approximate surface area is 134 Å². The lowest BCUT2D eigenvalue weighted by molar-refractivity contribution is 0.395. The van der Waals surface area contributed by atoms with Crippen molar-refractivity contribution >= 4 is 29.2 Å². The highest BCUT2D eigenvalue weighted by Crippen LogP contribution is 2.30. The summed E-state index contributed by atoms with van der Waals surface area (Å²) in [5, 5.41) is 6.25. The van der Waals surface area contributed by atoms with Gasteiger partial charge in [0.2, 0.25) is 17.2 Å². The molecule has 1 aromatic carbocycles. The third-order valence-electron chi connectivity index (χ3n) is 2.68. The van der Waals surface area contributed by atoms with E-state index in [0.717, 1.165) is 0 Å². The molecule has 0 aliphatic heterocycles. The minimum atomic E-state index is 0.105. The van der Waals surface area contributed by atoms with E-state index in [9.17, 15) is 0 Å². The van der Waals surface area contributed by atoms with E-state index < -0.39 is 0 Å². The van der Waals surface area contributed by atoms with Crippen molar-refractivity contribution in [2.75, 3.05) is 24.9 Å². The van der Waals surface area contributed by atoms with Crippen molar-refractivity contribution < 1.29 is 9.47 Å². The second kappa shape index (κ2) is 7.13. The van der Waals surface area contributed by atoms with Gasteiger partial charge in [-0.15, -0.1) is 0 Å². The zero-order valence-corrected chi connectivity index (χ0v) is 13.6. The molecule has 0 spiro atoms. The maximum Gasteiger partial charge on any atom is 0.233 e. The van der Waals surface area contributed by atoms with E-state index in [-0.39, 0.29) is 11.3 Å². The number of anilines is 3. The van der Waals surface area contributed by atoms with E-state index in [0.29, 0.717) is 29.1 Å². The van der Waals surface area contributed by atoms with E-state index in [1.807, 2.05) is 19.9 Å². The molecule has 0 aliphatic rings. The largest absolute Gasteiger partial charge is 0.497 e. The number of methoxy groups -OCH3 is 2. The van der Waals surface area contributed by atoms with Crippen molar-refractivity contribution in [3.8, 4) is 11.5 Å². The molecule has 0 aliphatic carbocycles. The summed E-state index contributed by atoms with van der Waals surface area (Å²) >= 11 is 5.93. The van der Waals surface area contributed by atoms with Gasteiger partial charge >= 0.3 is 0 Å². The maximum atomic E-state index is 5.93. The number of ether oxygens (including phenoxy) is 2. The number of benzene rings is 1. The highest BCUT2D eigenvalue weighted by molar-refractivity contribution is 6.28. The van der Waals surface area contributed by atoms with Crippen LogP contribution < -0.4 is 20.1 Å². The van der Waals surface area contributed by atoms with Crippen LogP contribution in [-0.4, -0.2) is 35.2 Å². The second-order valence-electron chi connectivity index (χ2n) is 4.74. The molecule has 0 saturated heterocycles. The van der Waals surface area contributed by atoms with Gasteiger partial charge in [-0.25, -0.2) is 0 Å². The first-order chi connectivity index (χ1) is 10.5. The predicted octanol–water partition coefficient (Wildman–Crippen LogP) is 3.11. The quantitative estimate of drug-likeness (QED) is 0.845. The first-order valence-corrected chi connectivity index (χ1v) is 7.06. The first kappa shape index (κ1) is 16.1. The number of hydrogen-bond donors (Lipinski definition) is 2. The smallest absolute Gasteiger partial charge is 0.233 e. The van der Waals surface area contributed by atoms with Gasteiger partial charge in [0.15, 0.2) is 0 Å².